The Kier molecular flexibility index (Phi) is 4.79. The molecule has 9 nitrogen and oxygen atoms in total. The Morgan fingerprint density at radius 1 is 1.17 bits per heavy atom. The van der Waals surface area contributed by atoms with Crippen LogP contribution < -0.4 is 9.47 Å². The van der Waals surface area contributed by atoms with Gasteiger partial charge in [0, 0.05) is 19.2 Å². The molecule has 29 heavy (non-hydrogen) atoms. The summed E-state index contributed by atoms with van der Waals surface area (Å²) in [6, 6.07) is 10.2. The van der Waals surface area contributed by atoms with E-state index in [4.69, 9.17) is 14.2 Å². The molecular weight excluding hydrogens is 380 g/mol. The van der Waals surface area contributed by atoms with Gasteiger partial charge < -0.3 is 19.1 Å². The molecule has 0 bridgehead atoms. The van der Waals surface area contributed by atoms with Crippen molar-refractivity contribution in [2.75, 3.05) is 13.3 Å². The summed E-state index contributed by atoms with van der Waals surface area (Å²) in [7, 11) is 0. The predicted octanol–water partition coefficient (Wildman–Crippen LogP) is 2.45. The zero-order chi connectivity index (χ0) is 20.5. The number of benzene rings is 2. The first-order valence-electron chi connectivity index (χ1n) is 9.08. The SMILES string of the molecule is C[C@H](OC(=O)c1cc2c(cc1[N+](=O)[O-])OCO2)C(=O)N1CCc2ccccc2C1. The summed E-state index contributed by atoms with van der Waals surface area (Å²) >= 11 is 0. The van der Waals surface area contributed by atoms with Crippen molar-refractivity contribution in [1.82, 2.24) is 4.90 Å². The second kappa shape index (κ2) is 7.42. The second-order valence-corrected chi connectivity index (χ2v) is 6.81. The van der Waals surface area contributed by atoms with Gasteiger partial charge >= 0.3 is 5.97 Å². The first-order valence-corrected chi connectivity index (χ1v) is 9.08. The molecule has 9 heteroatoms. The Bertz CT molecular complexity index is 1000. The maximum absolute atomic E-state index is 12.8. The van der Waals surface area contributed by atoms with Crippen LogP contribution in [0, 0.1) is 10.1 Å². The van der Waals surface area contributed by atoms with Gasteiger partial charge in [-0.2, -0.15) is 0 Å². The minimum absolute atomic E-state index is 0.0870. The molecule has 150 valence electrons. The van der Waals surface area contributed by atoms with Crippen LogP contribution in [0.1, 0.15) is 28.4 Å². The number of rotatable bonds is 4. The highest BCUT2D eigenvalue weighted by molar-refractivity contribution is 5.96. The summed E-state index contributed by atoms with van der Waals surface area (Å²) < 4.78 is 15.5. The molecule has 0 aliphatic carbocycles. The molecule has 0 radical (unpaired) electrons. The van der Waals surface area contributed by atoms with E-state index in [0.29, 0.717) is 13.1 Å². The van der Waals surface area contributed by atoms with Gasteiger partial charge in [0.2, 0.25) is 6.79 Å². The minimum Gasteiger partial charge on any atom is -0.454 e. The van der Waals surface area contributed by atoms with E-state index in [9.17, 15) is 19.7 Å². The number of amides is 1. The summed E-state index contributed by atoms with van der Waals surface area (Å²) in [4.78, 5) is 37.6. The van der Waals surface area contributed by atoms with Gasteiger partial charge in [-0.25, -0.2) is 4.79 Å². The molecule has 0 unspecified atom stereocenters. The van der Waals surface area contributed by atoms with Crippen LogP contribution >= 0.6 is 0 Å². The van der Waals surface area contributed by atoms with Crippen LogP contribution in [0.15, 0.2) is 36.4 Å². The van der Waals surface area contributed by atoms with E-state index in [-0.39, 0.29) is 29.8 Å². The van der Waals surface area contributed by atoms with Crippen molar-refractivity contribution in [2.24, 2.45) is 0 Å². The highest BCUT2D eigenvalue weighted by atomic mass is 16.7. The van der Waals surface area contributed by atoms with Crippen LogP contribution in [0.25, 0.3) is 0 Å². The Hall–Kier alpha value is -3.62. The Balaban J connectivity index is 1.49. The quantitative estimate of drug-likeness (QED) is 0.442. The van der Waals surface area contributed by atoms with E-state index in [1.807, 2.05) is 24.3 Å². The van der Waals surface area contributed by atoms with Crippen LogP contribution in [0.5, 0.6) is 11.5 Å². The average Bonchev–Trinajstić information content (AvgIpc) is 3.19. The lowest BCUT2D eigenvalue weighted by Gasteiger charge is -2.30. The monoisotopic (exact) mass is 398 g/mol. The van der Waals surface area contributed by atoms with Crippen LogP contribution in [-0.4, -0.2) is 41.1 Å². The Morgan fingerprint density at radius 3 is 2.59 bits per heavy atom. The number of carbonyl (C=O) groups is 2. The number of carbonyl (C=O) groups excluding carboxylic acids is 2. The van der Waals surface area contributed by atoms with Crippen molar-refractivity contribution in [3.8, 4) is 11.5 Å². The van der Waals surface area contributed by atoms with Crippen LogP contribution in [0.2, 0.25) is 0 Å². The lowest BCUT2D eigenvalue weighted by atomic mass is 9.99. The number of nitro groups is 1. The lowest BCUT2D eigenvalue weighted by molar-refractivity contribution is -0.385. The van der Waals surface area contributed by atoms with E-state index in [0.717, 1.165) is 18.1 Å². The standard InChI is InChI=1S/C20H18N2O7/c1-12(19(23)21-7-6-13-4-2-3-5-14(13)10-21)29-20(24)15-8-17-18(28-11-27-17)9-16(15)22(25)26/h2-5,8-9,12H,6-7,10-11H2,1H3/t12-/m0/s1. The molecule has 2 aromatic carbocycles. The van der Waals surface area contributed by atoms with Crippen molar-refractivity contribution < 1.29 is 28.7 Å². The fourth-order valence-electron chi connectivity index (χ4n) is 3.46. The highest BCUT2D eigenvalue weighted by Gasteiger charge is 2.32. The number of nitrogens with zero attached hydrogens (tertiary/aromatic N) is 2. The van der Waals surface area contributed by atoms with E-state index in [2.05, 4.69) is 0 Å². The number of ether oxygens (including phenoxy) is 3. The third-order valence-corrected chi connectivity index (χ3v) is 4.98. The molecule has 0 aromatic heterocycles. The van der Waals surface area contributed by atoms with Crippen molar-refractivity contribution in [3.63, 3.8) is 0 Å². The van der Waals surface area contributed by atoms with Gasteiger partial charge in [-0.15, -0.1) is 0 Å². The number of esters is 1. The van der Waals surface area contributed by atoms with Crippen LogP contribution in [0.3, 0.4) is 0 Å². The number of hydrogen-bond acceptors (Lipinski definition) is 7. The van der Waals surface area contributed by atoms with Crippen molar-refractivity contribution >= 4 is 17.6 Å². The molecule has 2 aliphatic rings. The van der Waals surface area contributed by atoms with Crippen molar-refractivity contribution in [3.05, 3.63) is 63.2 Å². The van der Waals surface area contributed by atoms with Gasteiger partial charge in [-0.05, 0) is 24.5 Å². The minimum atomic E-state index is -1.09. The van der Waals surface area contributed by atoms with Gasteiger partial charge in [0.25, 0.3) is 11.6 Å². The van der Waals surface area contributed by atoms with Crippen molar-refractivity contribution in [1.29, 1.82) is 0 Å². The lowest BCUT2D eigenvalue weighted by Crippen LogP contribution is -2.42. The molecular formula is C20H18N2O7. The normalized spacial score (nSPS) is 15.4. The largest absolute Gasteiger partial charge is 0.454 e. The maximum Gasteiger partial charge on any atom is 0.346 e. The number of nitro benzene ring substituents is 1. The van der Waals surface area contributed by atoms with Gasteiger partial charge in [0.05, 0.1) is 11.0 Å². The van der Waals surface area contributed by atoms with Crippen LogP contribution in [0.4, 0.5) is 5.69 Å². The number of fused-ring (bicyclic) bond motifs is 2. The summed E-state index contributed by atoms with van der Waals surface area (Å²) in [5.41, 5.74) is 1.49. The highest BCUT2D eigenvalue weighted by Crippen LogP contribution is 2.38. The zero-order valence-electron chi connectivity index (χ0n) is 15.6. The van der Waals surface area contributed by atoms with Gasteiger partial charge in [0.15, 0.2) is 17.6 Å². The molecule has 0 saturated carbocycles. The summed E-state index contributed by atoms with van der Waals surface area (Å²) in [5, 5.41) is 11.3. The molecule has 2 heterocycles. The van der Waals surface area contributed by atoms with E-state index < -0.39 is 22.7 Å². The average molecular weight is 398 g/mol. The molecule has 2 aliphatic heterocycles. The molecule has 4 rings (SSSR count). The summed E-state index contributed by atoms with van der Waals surface area (Å²) in [6.07, 6.45) is -0.367. The fraction of sp³-hybridized carbons (Fsp3) is 0.300. The third-order valence-electron chi connectivity index (χ3n) is 4.98. The molecule has 0 fully saturated rings. The van der Waals surface area contributed by atoms with Crippen LogP contribution in [-0.2, 0) is 22.5 Å². The summed E-state index contributed by atoms with van der Waals surface area (Å²) in [6.45, 7) is 2.32. The molecule has 1 amide bonds. The first kappa shape index (κ1) is 18.7. The van der Waals surface area contributed by atoms with Gasteiger partial charge in [0.1, 0.15) is 5.56 Å². The predicted molar refractivity (Wildman–Crippen MR) is 99.7 cm³/mol. The topological polar surface area (TPSA) is 108 Å². The molecule has 2 aromatic rings. The maximum atomic E-state index is 12.8. The Morgan fingerprint density at radius 2 is 1.86 bits per heavy atom. The summed E-state index contributed by atoms with van der Waals surface area (Å²) in [5.74, 6) is -0.914. The van der Waals surface area contributed by atoms with E-state index in [1.165, 1.54) is 18.6 Å². The Labute approximate surface area is 165 Å². The number of hydrogen-bond donors (Lipinski definition) is 0. The van der Waals surface area contributed by atoms with Gasteiger partial charge in [-0.1, -0.05) is 24.3 Å². The smallest absolute Gasteiger partial charge is 0.346 e. The third kappa shape index (κ3) is 3.58. The molecule has 1 atom stereocenters. The fourth-order valence-corrected chi connectivity index (χ4v) is 3.46. The van der Waals surface area contributed by atoms with Gasteiger partial charge in [-0.3, -0.25) is 14.9 Å². The second-order valence-electron chi connectivity index (χ2n) is 6.81. The zero-order valence-corrected chi connectivity index (χ0v) is 15.6. The van der Waals surface area contributed by atoms with E-state index >= 15 is 0 Å². The molecule has 0 N–H and O–H groups in total. The molecule has 0 spiro atoms. The van der Waals surface area contributed by atoms with E-state index in [1.54, 1.807) is 4.90 Å². The van der Waals surface area contributed by atoms with Crippen molar-refractivity contribution in [2.45, 2.75) is 26.0 Å². The first-order chi connectivity index (χ1) is 13.9. The molecule has 0 saturated heterocycles.